The standard InChI is InChI=1S/C15H13Cl3O2/c16-10-11-8-12(17)9-14(18)15(11)20-7-6-19-13-4-2-1-3-5-13/h1-5,8-9H,6-7,10H2. The Morgan fingerprint density at radius 2 is 1.60 bits per heavy atom. The summed E-state index contributed by atoms with van der Waals surface area (Å²) in [6.07, 6.45) is 0. The Kier molecular flexibility index (Phi) is 5.84. The number of ether oxygens (including phenoxy) is 2. The number of hydrogen-bond acceptors (Lipinski definition) is 2. The van der Waals surface area contributed by atoms with E-state index in [1.165, 1.54) is 0 Å². The molecule has 2 aromatic rings. The fourth-order valence-corrected chi connectivity index (χ4v) is 2.48. The molecule has 0 amide bonds. The molecule has 0 aliphatic rings. The molecule has 0 saturated heterocycles. The lowest BCUT2D eigenvalue weighted by molar-refractivity contribution is 0.216. The molecule has 20 heavy (non-hydrogen) atoms. The van der Waals surface area contributed by atoms with E-state index < -0.39 is 0 Å². The quantitative estimate of drug-likeness (QED) is 0.535. The van der Waals surface area contributed by atoms with Gasteiger partial charge in [-0.1, -0.05) is 41.4 Å². The van der Waals surface area contributed by atoms with E-state index in [4.69, 9.17) is 44.3 Å². The van der Waals surface area contributed by atoms with Crippen LogP contribution in [0, 0.1) is 0 Å². The minimum Gasteiger partial charge on any atom is -0.490 e. The lowest BCUT2D eigenvalue weighted by Gasteiger charge is -2.13. The second-order valence-corrected chi connectivity index (χ2v) is 5.13. The van der Waals surface area contributed by atoms with E-state index in [-0.39, 0.29) is 5.88 Å². The molecule has 0 spiro atoms. The molecule has 0 fully saturated rings. The van der Waals surface area contributed by atoms with Crippen LogP contribution in [0.3, 0.4) is 0 Å². The maximum absolute atomic E-state index is 6.10. The highest BCUT2D eigenvalue weighted by Gasteiger charge is 2.10. The van der Waals surface area contributed by atoms with Gasteiger partial charge in [0.25, 0.3) is 0 Å². The van der Waals surface area contributed by atoms with Crippen molar-refractivity contribution >= 4 is 34.8 Å². The van der Waals surface area contributed by atoms with Crippen LogP contribution in [0.4, 0.5) is 0 Å². The van der Waals surface area contributed by atoms with Gasteiger partial charge in [0.05, 0.1) is 10.9 Å². The number of rotatable bonds is 6. The van der Waals surface area contributed by atoms with Crippen molar-refractivity contribution in [2.45, 2.75) is 5.88 Å². The summed E-state index contributed by atoms with van der Waals surface area (Å²) < 4.78 is 11.2. The second-order valence-electron chi connectivity index (χ2n) is 4.02. The average Bonchev–Trinajstić information content (AvgIpc) is 2.45. The zero-order valence-corrected chi connectivity index (χ0v) is 12.9. The second kappa shape index (κ2) is 7.63. The highest BCUT2D eigenvalue weighted by Crippen LogP contribution is 2.33. The Bertz CT molecular complexity index is 559. The van der Waals surface area contributed by atoms with E-state index in [9.17, 15) is 0 Å². The number of hydrogen-bond donors (Lipinski definition) is 0. The van der Waals surface area contributed by atoms with Gasteiger partial charge in [-0.05, 0) is 24.3 Å². The van der Waals surface area contributed by atoms with Crippen molar-refractivity contribution in [3.8, 4) is 11.5 Å². The van der Waals surface area contributed by atoms with E-state index >= 15 is 0 Å². The van der Waals surface area contributed by atoms with Crippen molar-refractivity contribution in [2.24, 2.45) is 0 Å². The molecule has 5 heteroatoms. The Labute approximate surface area is 133 Å². The molecule has 0 bridgehead atoms. The normalized spacial score (nSPS) is 10.3. The van der Waals surface area contributed by atoms with Crippen LogP contribution in [-0.4, -0.2) is 13.2 Å². The van der Waals surface area contributed by atoms with Gasteiger partial charge in [-0.3, -0.25) is 0 Å². The monoisotopic (exact) mass is 330 g/mol. The van der Waals surface area contributed by atoms with Crippen LogP contribution < -0.4 is 9.47 Å². The number of para-hydroxylation sites is 1. The van der Waals surface area contributed by atoms with Gasteiger partial charge in [0.15, 0.2) is 0 Å². The summed E-state index contributed by atoms with van der Waals surface area (Å²) in [6, 6.07) is 12.9. The Morgan fingerprint density at radius 1 is 0.900 bits per heavy atom. The molecule has 0 saturated carbocycles. The third-order valence-corrected chi connectivity index (χ3v) is 3.36. The predicted molar refractivity (Wildman–Crippen MR) is 83.5 cm³/mol. The van der Waals surface area contributed by atoms with Crippen LogP contribution in [0.1, 0.15) is 5.56 Å². The van der Waals surface area contributed by atoms with E-state index in [0.29, 0.717) is 29.0 Å². The van der Waals surface area contributed by atoms with Crippen LogP contribution in [-0.2, 0) is 5.88 Å². The molecular weight excluding hydrogens is 319 g/mol. The molecule has 0 N–H and O–H groups in total. The van der Waals surface area contributed by atoms with Gasteiger partial charge in [0.1, 0.15) is 24.7 Å². The first kappa shape index (κ1) is 15.3. The number of halogens is 3. The summed E-state index contributed by atoms with van der Waals surface area (Å²) in [7, 11) is 0. The Hall–Kier alpha value is -1.09. The molecule has 2 aromatic carbocycles. The third-order valence-electron chi connectivity index (χ3n) is 2.57. The SMILES string of the molecule is ClCc1cc(Cl)cc(Cl)c1OCCOc1ccccc1. The van der Waals surface area contributed by atoms with Crippen molar-refractivity contribution in [3.05, 3.63) is 58.1 Å². The van der Waals surface area contributed by atoms with Crippen LogP contribution in [0.15, 0.2) is 42.5 Å². The zero-order valence-electron chi connectivity index (χ0n) is 10.6. The number of alkyl halides is 1. The summed E-state index contributed by atoms with van der Waals surface area (Å²) in [5.41, 5.74) is 0.767. The lowest BCUT2D eigenvalue weighted by Crippen LogP contribution is -2.10. The fraction of sp³-hybridized carbons (Fsp3) is 0.200. The first-order valence-corrected chi connectivity index (χ1v) is 7.34. The topological polar surface area (TPSA) is 18.5 Å². The molecule has 0 unspecified atom stereocenters. The van der Waals surface area contributed by atoms with E-state index in [2.05, 4.69) is 0 Å². The first-order chi connectivity index (χ1) is 9.70. The number of benzene rings is 2. The molecule has 2 rings (SSSR count). The summed E-state index contributed by atoms with van der Waals surface area (Å²) in [6.45, 7) is 0.796. The summed E-state index contributed by atoms with van der Waals surface area (Å²) in [5, 5.41) is 0.992. The van der Waals surface area contributed by atoms with Crippen LogP contribution in [0.5, 0.6) is 11.5 Å². The summed E-state index contributed by atoms with van der Waals surface area (Å²) in [4.78, 5) is 0. The maximum atomic E-state index is 6.10. The maximum Gasteiger partial charge on any atom is 0.142 e. The largest absolute Gasteiger partial charge is 0.490 e. The van der Waals surface area contributed by atoms with Crippen LogP contribution >= 0.6 is 34.8 Å². The molecule has 0 atom stereocenters. The van der Waals surface area contributed by atoms with Gasteiger partial charge in [-0.25, -0.2) is 0 Å². The molecule has 0 radical (unpaired) electrons. The van der Waals surface area contributed by atoms with Crippen molar-refractivity contribution in [2.75, 3.05) is 13.2 Å². The van der Waals surface area contributed by atoms with Gasteiger partial charge >= 0.3 is 0 Å². The lowest BCUT2D eigenvalue weighted by atomic mass is 10.2. The van der Waals surface area contributed by atoms with Gasteiger partial charge in [0.2, 0.25) is 0 Å². The van der Waals surface area contributed by atoms with Gasteiger partial charge in [0, 0.05) is 10.6 Å². The van der Waals surface area contributed by atoms with Crippen LogP contribution in [0.25, 0.3) is 0 Å². The minimum atomic E-state index is 0.287. The highest BCUT2D eigenvalue weighted by atomic mass is 35.5. The van der Waals surface area contributed by atoms with Crippen molar-refractivity contribution in [1.82, 2.24) is 0 Å². The Balaban J connectivity index is 1.91. The van der Waals surface area contributed by atoms with Crippen molar-refractivity contribution < 1.29 is 9.47 Å². The molecule has 106 valence electrons. The molecule has 0 aliphatic heterocycles. The van der Waals surface area contributed by atoms with Gasteiger partial charge in [-0.15, -0.1) is 11.6 Å². The van der Waals surface area contributed by atoms with Gasteiger partial charge in [-0.2, -0.15) is 0 Å². The first-order valence-electron chi connectivity index (χ1n) is 6.05. The van der Waals surface area contributed by atoms with E-state index in [0.717, 1.165) is 11.3 Å². The smallest absolute Gasteiger partial charge is 0.142 e. The summed E-state index contributed by atoms with van der Waals surface area (Å²) in [5.74, 6) is 1.65. The Morgan fingerprint density at radius 3 is 2.30 bits per heavy atom. The molecule has 0 aliphatic carbocycles. The molecule has 0 aromatic heterocycles. The van der Waals surface area contributed by atoms with Gasteiger partial charge < -0.3 is 9.47 Å². The fourth-order valence-electron chi connectivity index (χ4n) is 1.69. The zero-order chi connectivity index (χ0) is 14.4. The third kappa shape index (κ3) is 4.20. The molecule has 2 nitrogen and oxygen atoms in total. The molecule has 0 heterocycles. The van der Waals surface area contributed by atoms with Crippen LogP contribution in [0.2, 0.25) is 10.0 Å². The minimum absolute atomic E-state index is 0.287. The predicted octanol–water partition coefficient (Wildman–Crippen LogP) is 5.19. The van der Waals surface area contributed by atoms with E-state index in [1.807, 2.05) is 30.3 Å². The summed E-state index contributed by atoms with van der Waals surface area (Å²) >= 11 is 17.9. The van der Waals surface area contributed by atoms with E-state index in [1.54, 1.807) is 12.1 Å². The molecular formula is C15H13Cl3O2. The van der Waals surface area contributed by atoms with Crippen molar-refractivity contribution in [1.29, 1.82) is 0 Å². The average molecular weight is 332 g/mol. The van der Waals surface area contributed by atoms with Crippen molar-refractivity contribution in [3.63, 3.8) is 0 Å². The highest BCUT2D eigenvalue weighted by molar-refractivity contribution is 6.36.